The molecule has 0 aromatic heterocycles. The van der Waals surface area contributed by atoms with Gasteiger partial charge in [-0.05, 0) is 31.8 Å². The van der Waals surface area contributed by atoms with E-state index in [0.717, 1.165) is 30.8 Å². The van der Waals surface area contributed by atoms with E-state index in [0.29, 0.717) is 6.54 Å². The highest BCUT2D eigenvalue weighted by molar-refractivity contribution is 5.24. The van der Waals surface area contributed by atoms with Crippen LogP contribution in [0, 0.1) is 0 Å². The van der Waals surface area contributed by atoms with Crippen LogP contribution in [-0.2, 0) is 12.7 Å². The Morgan fingerprint density at radius 1 is 1.12 bits per heavy atom. The molecule has 0 fully saturated rings. The molecular formula is C12H17F3N2. The van der Waals surface area contributed by atoms with E-state index in [2.05, 4.69) is 5.32 Å². The van der Waals surface area contributed by atoms with Crippen molar-refractivity contribution in [2.45, 2.75) is 12.7 Å². The number of benzene rings is 1. The average Bonchev–Trinajstić information content (AvgIpc) is 2.23. The zero-order valence-corrected chi connectivity index (χ0v) is 10.0. The van der Waals surface area contributed by atoms with Crippen molar-refractivity contribution in [3.05, 3.63) is 35.4 Å². The van der Waals surface area contributed by atoms with Gasteiger partial charge >= 0.3 is 6.18 Å². The molecule has 0 radical (unpaired) electrons. The van der Waals surface area contributed by atoms with Gasteiger partial charge < -0.3 is 10.2 Å². The normalized spacial score (nSPS) is 12.1. The van der Waals surface area contributed by atoms with Crippen LogP contribution in [0.25, 0.3) is 0 Å². The minimum absolute atomic E-state index is 0.589. The number of alkyl halides is 3. The van der Waals surface area contributed by atoms with Gasteiger partial charge in [-0.1, -0.05) is 12.1 Å². The smallest absolute Gasteiger partial charge is 0.311 e. The second-order valence-corrected chi connectivity index (χ2v) is 4.17. The van der Waals surface area contributed by atoms with Gasteiger partial charge in [-0.3, -0.25) is 0 Å². The SMILES string of the molecule is CN(C)CCNCc1ccc(C(F)(F)F)cc1. The molecule has 0 aliphatic heterocycles. The highest BCUT2D eigenvalue weighted by Crippen LogP contribution is 2.28. The summed E-state index contributed by atoms with van der Waals surface area (Å²) in [6, 6.07) is 5.24. The number of nitrogens with one attached hydrogen (secondary N) is 1. The molecule has 0 saturated heterocycles. The average molecular weight is 246 g/mol. The first-order chi connectivity index (χ1) is 7.89. The molecule has 5 heteroatoms. The van der Waals surface area contributed by atoms with Crippen molar-refractivity contribution < 1.29 is 13.2 Å². The minimum atomic E-state index is -4.25. The molecule has 0 bridgehead atoms. The van der Waals surface area contributed by atoms with Crippen molar-refractivity contribution in [3.8, 4) is 0 Å². The maximum absolute atomic E-state index is 12.3. The predicted molar refractivity (Wildman–Crippen MR) is 61.7 cm³/mol. The van der Waals surface area contributed by atoms with Gasteiger partial charge in [-0.15, -0.1) is 0 Å². The minimum Gasteiger partial charge on any atom is -0.311 e. The fraction of sp³-hybridized carbons (Fsp3) is 0.500. The molecule has 0 amide bonds. The summed E-state index contributed by atoms with van der Waals surface area (Å²) in [6.45, 7) is 2.31. The van der Waals surface area contributed by atoms with Crippen LogP contribution in [0.4, 0.5) is 13.2 Å². The molecule has 2 nitrogen and oxygen atoms in total. The summed E-state index contributed by atoms with van der Waals surface area (Å²) < 4.78 is 36.9. The molecule has 0 spiro atoms. The summed E-state index contributed by atoms with van der Waals surface area (Å²) in [5, 5.41) is 3.17. The lowest BCUT2D eigenvalue weighted by molar-refractivity contribution is -0.137. The zero-order valence-electron chi connectivity index (χ0n) is 10.0. The lowest BCUT2D eigenvalue weighted by Gasteiger charge is -2.11. The Bertz CT molecular complexity index is 331. The molecule has 0 unspecified atom stereocenters. The van der Waals surface area contributed by atoms with E-state index in [4.69, 9.17) is 0 Å². The van der Waals surface area contributed by atoms with E-state index in [-0.39, 0.29) is 0 Å². The fourth-order valence-corrected chi connectivity index (χ4v) is 1.35. The Morgan fingerprint density at radius 2 is 1.71 bits per heavy atom. The summed E-state index contributed by atoms with van der Waals surface area (Å²) in [4.78, 5) is 2.04. The van der Waals surface area contributed by atoms with E-state index in [9.17, 15) is 13.2 Å². The molecule has 0 aliphatic rings. The van der Waals surface area contributed by atoms with Crippen LogP contribution >= 0.6 is 0 Å². The Kier molecular flexibility index (Phi) is 4.96. The van der Waals surface area contributed by atoms with Crippen molar-refractivity contribution in [1.29, 1.82) is 0 Å². The molecule has 0 atom stereocenters. The maximum Gasteiger partial charge on any atom is 0.416 e. The molecule has 0 saturated carbocycles. The van der Waals surface area contributed by atoms with Crippen molar-refractivity contribution in [3.63, 3.8) is 0 Å². The lowest BCUT2D eigenvalue weighted by Crippen LogP contribution is -2.26. The van der Waals surface area contributed by atoms with Crippen LogP contribution in [0.3, 0.4) is 0 Å². The van der Waals surface area contributed by atoms with Crippen molar-refractivity contribution in [1.82, 2.24) is 10.2 Å². The summed E-state index contributed by atoms with van der Waals surface area (Å²) in [5.41, 5.74) is 0.256. The number of hydrogen-bond donors (Lipinski definition) is 1. The van der Waals surface area contributed by atoms with E-state index in [1.165, 1.54) is 12.1 Å². The van der Waals surface area contributed by atoms with Gasteiger partial charge in [0.15, 0.2) is 0 Å². The fourth-order valence-electron chi connectivity index (χ4n) is 1.35. The highest BCUT2D eigenvalue weighted by Gasteiger charge is 2.29. The standard InChI is InChI=1S/C12H17F3N2/c1-17(2)8-7-16-9-10-3-5-11(6-4-10)12(13,14)15/h3-6,16H,7-9H2,1-2H3. The largest absolute Gasteiger partial charge is 0.416 e. The molecule has 1 aromatic carbocycles. The molecule has 1 N–H and O–H groups in total. The predicted octanol–water partition coefficient (Wildman–Crippen LogP) is 2.36. The third kappa shape index (κ3) is 5.19. The van der Waals surface area contributed by atoms with Gasteiger partial charge in [0.2, 0.25) is 0 Å². The molecule has 0 aliphatic carbocycles. The van der Waals surface area contributed by atoms with Crippen molar-refractivity contribution >= 4 is 0 Å². The number of hydrogen-bond acceptors (Lipinski definition) is 2. The van der Waals surface area contributed by atoms with E-state index >= 15 is 0 Å². The van der Waals surface area contributed by atoms with Crippen LogP contribution in [0.2, 0.25) is 0 Å². The van der Waals surface area contributed by atoms with Crippen LogP contribution < -0.4 is 5.32 Å². The van der Waals surface area contributed by atoms with E-state index in [1.54, 1.807) is 0 Å². The van der Waals surface area contributed by atoms with Crippen LogP contribution in [0.5, 0.6) is 0 Å². The lowest BCUT2D eigenvalue weighted by atomic mass is 10.1. The summed E-state index contributed by atoms with van der Waals surface area (Å²) in [6.07, 6.45) is -4.25. The van der Waals surface area contributed by atoms with Crippen molar-refractivity contribution in [2.75, 3.05) is 27.2 Å². The van der Waals surface area contributed by atoms with Gasteiger partial charge in [0.1, 0.15) is 0 Å². The summed E-state index contributed by atoms with van der Waals surface area (Å²) >= 11 is 0. The molecule has 1 aromatic rings. The summed E-state index contributed by atoms with van der Waals surface area (Å²) in [7, 11) is 3.94. The Labute approximate surface area is 99.4 Å². The van der Waals surface area contributed by atoms with E-state index in [1.807, 2.05) is 19.0 Å². The van der Waals surface area contributed by atoms with Gasteiger partial charge in [0, 0.05) is 19.6 Å². The second kappa shape index (κ2) is 6.02. The first-order valence-corrected chi connectivity index (χ1v) is 5.41. The number of nitrogens with zero attached hydrogens (tertiary/aromatic N) is 1. The van der Waals surface area contributed by atoms with Gasteiger partial charge in [0.25, 0.3) is 0 Å². The zero-order chi connectivity index (χ0) is 12.9. The van der Waals surface area contributed by atoms with E-state index < -0.39 is 11.7 Å². The number of likely N-dealkylation sites (N-methyl/N-ethyl adjacent to an activating group) is 1. The first-order valence-electron chi connectivity index (χ1n) is 5.41. The third-order valence-electron chi connectivity index (χ3n) is 2.35. The molecule has 1 rings (SSSR count). The number of halogens is 3. The number of rotatable bonds is 5. The Hall–Kier alpha value is -1.07. The quantitative estimate of drug-likeness (QED) is 0.802. The summed E-state index contributed by atoms with van der Waals surface area (Å²) in [5.74, 6) is 0. The molecule has 17 heavy (non-hydrogen) atoms. The molecular weight excluding hydrogens is 229 g/mol. The van der Waals surface area contributed by atoms with Gasteiger partial charge in [-0.25, -0.2) is 0 Å². The van der Waals surface area contributed by atoms with Crippen molar-refractivity contribution in [2.24, 2.45) is 0 Å². The topological polar surface area (TPSA) is 15.3 Å². The Balaban J connectivity index is 2.41. The maximum atomic E-state index is 12.3. The monoisotopic (exact) mass is 246 g/mol. The van der Waals surface area contributed by atoms with Gasteiger partial charge in [0.05, 0.1) is 5.56 Å². The van der Waals surface area contributed by atoms with Gasteiger partial charge in [-0.2, -0.15) is 13.2 Å². The second-order valence-electron chi connectivity index (χ2n) is 4.17. The molecule has 96 valence electrons. The van der Waals surface area contributed by atoms with Crippen LogP contribution in [0.15, 0.2) is 24.3 Å². The molecule has 0 heterocycles. The Morgan fingerprint density at radius 3 is 2.18 bits per heavy atom. The highest BCUT2D eigenvalue weighted by atomic mass is 19.4. The van der Waals surface area contributed by atoms with Crippen LogP contribution in [-0.4, -0.2) is 32.1 Å². The third-order valence-corrected chi connectivity index (χ3v) is 2.35. The van der Waals surface area contributed by atoms with Crippen LogP contribution in [0.1, 0.15) is 11.1 Å². The first kappa shape index (κ1) is 14.0.